The van der Waals surface area contributed by atoms with Gasteiger partial charge in [-0.25, -0.2) is 4.98 Å². The Morgan fingerprint density at radius 2 is 1.65 bits per heavy atom. The van der Waals surface area contributed by atoms with Crippen molar-refractivity contribution in [3.05, 3.63) is 119 Å². The summed E-state index contributed by atoms with van der Waals surface area (Å²) in [4.78, 5) is 30.2. The quantitative estimate of drug-likeness (QED) is 0.359. The molecule has 0 atom stereocenters. The molecule has 6 rings (SSSR count). The number of para-hydroxylation sites is 1. The van der Waals surface area contributed by atoms with Crippen LogP contribution in [-0.2, 0) is 24.4 Å². The Hall–Kier alpha value is -4.98. The molecule has 0 saturated carbocycles. The molecular weight excluding hydrogens is 466 g/mol. The molecule has 0 fully saturated rings. The Balaban J connectivity index is 1.22. The number of fused-ring (bicyclic) bond motifs is 3. The number of aromatic nitrogens is 4. The highest BCUT2D eigenvalue weighted by Gasteiger charge is 2.16. The van der Waals surface area contributed by atoms with Gasteiger partial charge in [-0.1, -0.05) is 72.8 Å². The molecule has 8 heteroatoms. The van der Waals surface area contributed by atoms with Gasteiger partial charge in [0.2, 0.25) is 11.5 Å². The predicted molar refractivity (Wildman–Crippen MR) is 141 cm³/mol. The highest BCUT2D eigenvalue weighted by Crippen LogP contribution is 2.24. The molecule has 0 bridgehead atoms. The van der Waals surface area contributed by atoms with Gasteiger partial charge in [0.15, 0.2) is 0 Å². The zero-order valence-corrected chi connectivity index (χ0v) is 19.9. The Morgan fingerprint density at radius 3 is 2.46 bits per heavy atom. The second-order valence-corrected chi connectivity index (χ2v) is 8.78. The van der Waals surface area contributed by atoms with E-state index in [1.165, 1.54) is 10.9 Å². The number of carbonyl (C=O) groups is 1. The van der Waals surface area contributed by atoms with Crippen molar-refractivity contribution in [2.75, 3.05) is 0 Å². The van der Waals surface area contributed by atoms with Gasteiger partial charge in [0, 0.05) is 29.3 Å². The fourth-order valence-corrected chi connectivity index (χ4v) is 4.41. The lowest BCUT2D eigenvalue weighted by Crippen LogP contribution is -2.32. The van der Waals surface area contributed by atoms with E-state index in [2.05, 4.69) is 22.4 Å². The molecular formula is C29H23N5O3. The van der Waals surface area contributed by atoms with Crippen molar-refractivity contribution in [3.8, 4) is 11.3 Å². The third-order valence-corrected chi connectivity index (χ3v) is 6.21. The molecule has 182 valence electrons. The van der Waals surface area contributed by atoms with Gasteiger partial charge < -0.3 is 9.73 Å². The summed E-state index contributed by atoms with van der Waals surface area (Å²) in [6, 6.07) is 27.3. The zero-order chi connectivity index (χ0) is 25.2. The molecule has 8 nitrogen and oxygen atoms in total. The van der Waals surface area contributed by atoms with Crippen LogP contribution in [-0.4, -0.2) is 25.2 Å². The van der Waals surface area contributed by atoms with E-state index in [0.717, 1.165) is 27.8 Å². The predicted octanol–water partition coefficient (Wildman–Crippen LogP) is 4.37. The molecule has 0 unspecified atom stereocenters. The summed E-state index contributed by atoms with van der Waals surface area (Å²) in [6.45, 7) is 0.720. The van der Waals surface area contributed by atoms with Crippen molar-refractivity contribution in [3.63, 3.8) is 0 Å². The summed E-state index contributed by atoms with van der Waals surface area (Å²) in [7, 11) is 0. The average molecular weight is 490 g/mol. The number of rotatable bonds is 7. The van der Waals surface area contributed by atoms with Crippen LogP contribution in [0.15, 0.2) is 107 Å². The fraction of sp³-hybridized carbons (Fsp3) is 0.103. The molecule has 1 amide bonds. The maximum atomic E-state index is 13.0. The second kappa shape index (κ2) is 9.58. The molecule has 1 N–H and O–H groups in total. The lowest BCUT2D eigenvalue weighted by molar-refractivity contribution is -0.121. The van der Waals surface area contributed by atoms with Crippen LogP contribution in [0.5, 0.6) is 0 Å². The van der Waals surface area contributed by atoms with Crippen LogP contribution >= 0.6 is 0 Å². The lowest BCUT2D eigenvalue weighted by atomic mass is 10.1. The number of nitrogens with zero attached hydrogens (tertiary/aromatic N) is 4. The highest BCUT2D eigenvalue weighted by molar-refractivity contribution is 6.01. The normalized spacial score (nSPS) is 11.2. The van der Waals surface area contributed by atoms with E-state index in [4.69, 9.17) is 9.52 Å². The van der Waals surface area contributed by atoms with Crippen LogP contribution < -0.4 is 10.9 Å². The van der Waals surface area contributed by atoms with Crippen molar-refractivity contribution in [1.29, 1.82) is 0 Å². The number of nitrogens with one attached hydrogen (secondary N) is 1. The van der Waals surface area contributed by atoms with Gasteiger partial charge in [0.25, 0.3) is 5.56 Å². The van der Waals surface area contributed by atoms with Crippen LogP contribution in [0.1, 0.15) is 11.1 Å². The monoisotopic (exact) mass is 489 g/mol. The molecule has 0 saturated heterocycles. The van der Waals surface area contributed by atoms with Crippen molar-refractivity contribution in [2.24, 2.45) is 0 Å². The minimum absolute atomic E-state index is 0.144. The Bertz CT molecular complexity index is 1770. The van der Waals surface area contributed by atoms with Crippen LogP contribution in [0.2, 0.25) is 0 Å². The zero-order valence-electron chi connectivity index (χ0n) is 19.9. The number of amides is 1. The Kier molecular flexibility index (Phi) is 5.82. The minimum Gasteiger partial charge on any atom is -0.448 e. The van der Waals surface area contributed by atoms with Crippen LogP contribution in [0.25, 0.3) is 33.3 Å². The molecule has 3 heterocycles. The highest BCUT2D eigenvalue weighted by atomic mass is 16.3. The summed E-state index contributed by atoms with van der Waals surface area (Å²) in [6.07, 6.45) is 3.34. The molecule has 0 aliphatic rings. The first kappa shape index (κ1) is 22.5. The number of carbonyl (C=O) groups excluding carboxylic acids is 1. The Morgan fingerprint density at radius 1 is 0.919 bits per heavy atom. The molecule has 3 aromatic heterocycles. The SMILES string of the molecule is O=C(Cn1cnc2c(oc3ccccc32)c1=O)NCc1cn(Cc2ccccc2)nc1-c1ccccc1. The summed E-state index contributed by atoms with van der Waals surface area (Å²) < 4.78 is 8.85. The van der Waals surface area contributed by atoms with E-state index < -0.39 is 5.56 Å². The molecule has 0 aliphatic carbocycles. The van der Waals surface area contributed by atoms with Crippen molar-refractivity contribution < 1.29 is 9.21 Å². The van der Waals surface area contributed by atoms with E-state index in [1.807, 2.05) is 77.6 Å². The fourth-order valence-electron chi connectivity index (χ4n) is 4.41. The van der Waals surface area contributed by atoms with E-state index in [-0.39, 0.29) is 24.6 Å². The molecule has 0 spiro atoms. The molecule has 0 radical (unpaired) electrons. The second-order valence-electron chi connectivity index (χ2n) is 8.78. The largest absolute Gasteiger partial charge is 0.448 e. The number of benzene rings is 3. The van der Waals surface area contributed by atoms with Crippen molar-refractivity contribution in [2.45, 2.75) is 19.6 Å². The first-order valence-electron chi connectivity index (χ1n) is 11.9. The third-order valence-electron chi connectivity index (χ3n) is 6.21. The number of furan rings is 1. The van der Waals surface area contributed by atoms with Gasteiger partial charge >= 0.3 is 0 Å². The lowest BCUT2D eigenvalue weighted by Gasteiger charge is -2.07. The molecule has 6 aromatic rings. The Labute approximate surface area is 211 Å². The van der Waals surface area contributed by atoms with Crippen LogP contribution in [0, 0.1) is 0 Å². The van der Waals surface area contributed by atoms with E-state index in [1.54, 1.807) is 6.07 Å². The van der Waals surface area contributed by atoms with Gasteiger partial charge in [-0.05, 0) is 17.7 Å². The smallest absolute Gasteiger partial charge is 0.297 e. The van der Waals surface area contributed by atoms with E-state index >= 15 is 0 Å². The van der Waals surface area contributed by atoms with Crippen LogP contribution in [0.3, 0.4) is 0 Å². The minimum atomic E-state index is -0.392. The number of hydrogen-bond acceptors (Lipinski definition) is 5. The summed E-state index contributed by atoms with van der Waals surface area (Å²) in [5.41, 5.74) is 4.62. The average Bonchev–Trinajstić information content (AvgIpc) is 3.52. The first-order valence-corrected chi connectivity index (χ1v) is 11.9. The van der Waals surface area contributed by atoms with E-state index in [0.29, 0.717) is 17.6 Å². The maximum Gasteiger partial charge on any atom is 0.297 e. The first-order chi connectivity index (χ1) is 18.2. The van der Waals surface area contributed by atoms with Crippen LogP contribution in [0.4, 0.5) is 0 Å². The van der Waals surface area contributed by atoms with Gasteiger partial charge in [0.05, 0.1) is 18.6 Å². The van der Waals surface area contributed by atoms with Gasteiger partial charge in [-0.15, -0.1) is 0 Å². The maximum absolute atomic E-state index is 13.0. The van der Waals surface area contributed by atoms with Gasteiger partial charge in [-0.3, -0.25) is 18.8 Å². The molecule has 37 heavy (non-hydrogen) atoms. The van der Waals surface area contributed by atoms with Gasteiger partial charge in [-0.2, -0.15) is 5.10 Å². The summed E-state index contributed by atoms with van der Waals surface area (Å²) >= 11 is 0. The third kappa shape index (κ3) is 4.52. The summed E-state index contributed by atoms with van der Waals surface area (Å²) in [5.74, 6) is -0.311. The summed E-state index contributed by atoms with van der Waals surface area (Å²) in [5, 5.41) is 8.49. The van der Waals surface area contributed by atoms with Crippen molar-refractivity contribution in [1.82, 2.24) is 24.6 Å². The number of hydrogen-bond donors (Lipinski definition) is 1. The van der Waals surface area contributed by atoms with E-state index in [9.17, 15) is 9.59 Å². The topological polar surface area (TPSA) is 95.0 Å². The van der Waals surface area contributed by atoms with Crippen molar-refractivity contribution >= 4 is 28.0 Å². The van der Waals surface area contributed by atoms with Gasteiger partial charge in [0.1, 0.15) is 17.6 Å². The standard InChI is InChI=1S/C29H23N5O3/c35-25(18-33-19-31-27-23-13-7-8-14-24(23)37-28(27)29(33)36)30-15-22-17-34(16-20-9-3-1-4-10-20)32-26(22)21-11-5-2-6-12-21/h1-14,17,19H,15-16,18H2,(H,30,35). The molecule has 0 aliphatic heterocycles. The molecule has 3 aromatic carbocycles.